The summed E-state index contributed by atoms with van der Waals surface area (Å²) in [6.45, 7) is -1.18. The van der Waals surface area contributed by atoms with Crippen molar-refractivity contribution in [3.63, 3.8) is 0 Å². The predicted molar refractivity (Wildman–Crippen MR) is 158 cm³/mol. The van der Waals surface area contributed by atoms with Crippen LogP contribution in [-0.4, -0.2) is 93.8 Å². The van der Waals surface area contributed by atoms with Crippen molar-refractivity contribution in [1.29, 1.82) is 0 Å². The van der Waals surface area contributed by atoms with Crippen LogP contribution >= 0.6 is 38.8 Å². The molecule has 0 radical (unpaired) electrons. The Morgan fingerprint density at radius 2 is 1.57 bits per heavy atom. The summed E-state index contributed by atoms with van der Waals surface area (Å²) in [6.07, 6.45) is -7.34. The molecular formula is C21H26F2N8O9P2S2. The summed E-state index contributed by atoms with van der Waals surface area (Å²) < 4.78 is 68.7. The number of nitrogens with two attached hydrogens (primary N) is 1. The number of hydrogen-bond donors (Lipinski definition) is 6. The van der Waals surface area contributed by atoms with Gasteiger partial charge in [-0.3, -0.25) is 0 Å². The van der Waals surface area contributed by atoms with Gasteiger partial charge in [-0.15, -0.1) is 0 Å². The molecule has 0 unspecified atom stereocenters. The number of imidazole rings is 2. The molecule has 17 nitrogen and oxygen atoms in total. The van der Waals surface area contributed by atoms with Crippen molar-refractivity contribution in [3.05, 3.63) is 41.6 Å². The minimum atomic E-state index is -4.52. The molecule has 4 aromatic heterocycles. The molecule has 8 atom stereocenters. The zero-order chi connectivity index (χ0) is 31.0. The standard InChI is InChI=1S/C21H26F2N8O9P2S2/c22-11-9-3-35-41(33,43)39-15-10(38-20(12(15)23)31-7-29-14-17(24)26-5-27-18(14)31)4-36-42(34,44)40-16(11)21(37-9)30-6-28-13-8(30)1-2-25-19(13)32/h1-2,5-7,9-12,15-16,20-21,33-34,41-44H,3-4H2,(H,25,32)(H2,24,26,27)/t9-,10-,11+,12+,15-,16-,20-,21-/m1/s1. The number of nitrogen functional groups attached to an aromatic ring is 1. The van der Waals surface area contributed by atoms with Gasteiger partial charge in [0.2, 0.25) is 0 Å². The van der Waals surface area contributed by atoms with E-state index in [1.807, 2.05) is 0 Å². The van der Waals surface area contributed by atoms with Crippen LogP contribution in [0.15, 0.2) is 36.0 Å². The van der Waals surface area contributed by atoms with E-state index >= 15 is 8.78 Å². The summed E-state index contributed by atoms with van der Waals surface area (Å²) in [6, 6.07) is 1.53. The van der Waals surface area contributed by atoms with E-state index < -0.39 is 82.3 Å². The van der Waals surface area contributed by atoms with Gasteiger partial charge < -0.3 is 0 Å². The third-order valence-corrected chi connectivity index (χ3v) is 11.1. The molecule has 0 amide bonds. The van der Waals surface area contributed by atoms with E-state index in [9.17, 15) is 14.6 Å². The summed E-state index contributed by atoms with van der Waals surface area (Å²) in [5.74, 6) is 0.0648. The molecule has 3 aliphatic rings. The van der Waals surface area contributed by atoms with E-state index in [-0.39, 0.29) is 28.0 Å². The molecule has 5 N–H and O–H groups in total. The van der Waals surface area contributed by atoms with Crippen molar-refractivity contribution >= 4 is 66.8 Å². The van der Waals surface area contributed by atoms with Gasteiger partial charge in [0.15, 0.2) is 0 Å². The van der Waals surface area contributed by atoms with Crippen molar-refractivity contribution in [2.75, 3.05) is 18.9 Å². The Hall–Kier alpha value is -2.13. The number of rotatable bonds is 2. The van der Waals surface area contributed by atoms with Crippen molar-refractivity contribution < 1.29 is 46.1 Å². The number of pyridine rings is 1. The van der Waals surface area contributed by atoms with Gasteiger partial charge >= 0.3 is 257 Å². The maximum absolute atomic E-state index is 16.0. The number of alkyl halides is 2. The first-order chi connectivity index (χ1) is 20.9. The first-order valence-electron chi connectivity index (χ1n) is 13.0. The fourth-order valence-electron chi connectivity index (χ4n) is 5.41. The Morgan fingerprint density at radius 1 is 0.909 bits per heavy atom. The molecule has 2 bridgehead atoms. The molecule has 0 aromatic carbocycles. The SMILES string of the molecule is Nc1ncnc2c1ncn2[C@@H]1O[C@@H]2CO[PH](O)(S)O[C@@H]3[C@@H](F)[C@@H](CO[PH](O)(S)O[C@H]2[C@@H]1F)O[C@H]3n1cnc2c(=O)[nH]ccc21. The van der Waals surface area contributed by atoms with Crippen LogP contribution in [0.5, 0.6) is 0 Å². The van der Waals surface area contributed by atoms with Gasteiger partial charge in [0.25, 0.3) is 0 Å². The molecule has 0 aliphatic carbocycles. The number of thiol groups is 2. The molecule has 0 spiro atoms. The number of fused-ring (bicyclic) bond motifs is 5. The third-order valence-electron chi connectivity index (χ3n) is 7.42. The van der Waals surface area contributed by atoms with Crippen molar-refractivity contribution in [2.24, 2.45) is 0 Å². The van der Waals surface area contributed by atoms with Crippen LogP contribution in [0.2, 0.25) is 0 Å². The van der Waals surface area contributed by atoms with Gasteiger partial charge in [0.05, 0.1) is 0 Å². The molecule has 4 aromatic rings. The summed E-state index contributed by atoms with van der Waals surface area (Å²) in [5.41, 5.74) is 6.08. The Balaban J connectivity index is 1.20. The molecule has 3 fully saturated rings. The zero-order valence-corrected chi connectivity index (χ0v) is 25.9. The van der Waals surface area contributed by atoms with Gasteiger partial charge in [-0.05, 0) is 0 Å². The Kier molecular flexibility index (Phi) is 7.83. The average Bonchev–Trinajstić information content (AvgIpc) is 3.73. The van der Waals surface area contributed by atoms with E-state index in [0.717, 1.165) is 0 Å². The Labute approximate surface area is 256 Å². The van der Waals surface area contributed by atoms with Gasteiger partial charge in [-0.25, -0.2) is 0 Å². The van der Waals surface area contributed by atoms with Gasteiger partial charge in [0, 0.05) is 0 Å². The minimum absolute atomic E-state index is 0.0547. The molecule has 3 aliphatic heterocycles. The molecule has 7 rings (SSSR count). The summed E-state index contributed by atoms with van der Waals surface area (Å²) in [4.78, 5) is 52.9. The van der Waals surface area contributed by atoms with Crippen molar-refractivity contribution in [2.45, 2.75) is 49.2 Å². The van der Waals surface area contributed by atoms with Crippen LogP contribution in [0.3, 0.4) is 0 Å². The van der Waals surface area contributed by atoms with E-state index in [1.165, 1.54) is 40.4 Å². The van der Waals surface area contributed by atoms with Crippen LogP contribution in [0.1, 0.15) is 12.5 Å². The normalized spacial score (nSPS) is 35.4. The second kappa shape index (κ2) is 11.3. The predicted octanol–water partition coefficient (Wildman–Crippen LogP) is 1.10. The average molecular weight is 699 g/mol. The summed E-state index contributed by atoms with van der Waals surface area (Å²) >= 11 is 8.28. The summed E-state index contributed by atoms with van der Waals surface area (Å²) in [5, 5.41) is 0. The first kappa shape index (κ1) is 30.5. The molecule has 3 saturated heterocycles. The second-order valence-electron chi connectivity index (χ2n) is 10.2. The van der Waals surface area contributed by atoms with Gasteiger partial charge in [0.1, 0.15) is 0 Å². The first-order valence-corrected chi connectivity index (χ1v) is 19.1. The third kappa shape index (κ3) is 5.37. The number of halogens is 2. The van der Waals surface area contributed by atoms with Gasteiger partial charge in [-0.1, -0.05) is 0 Å². The number of H-pyrrole nitrogens is 1. The number of aromatic amines is 1. The molecular weight excluding hydrogens is 672 g/mol. The Morgan fingerprint density at radius 3 is 2.34 bits per heavy atom. The molecule has 44 heavy (non-hydrogen) atoms. The molecule has 23 heteroatoms. The molecule has 240 valence electrons. The van der Waals surface area contributed by atoms with E-state index in [2.05, 4.69) is 49.4 Å². The van der Waals surface area contributed by atoms with E-state index in [1.54, 1.807) is 0 Å². The topological polar surface area (TPSA) is 216 Å². The maximum atomic E-state index is 16.0. The second-order valence-corrected chi connectivity index (χ2v) is 16.8. The van der Waals surface area contributed by atoms with E-state index in [0.29, 0.717) is 0 Å². The number of nitrogens with zero attached hydrogens (tertiary/aromatic N) is 6. The number of aromatic nitrogens is 7. The van der Waals surface area contributed by atoms with Crippen LogP contribution in [-0.2, 0) is 27.6 Å². The monoisotopic (exact) mass is 698 g/mol. The fraction of sp³-hybridized carbons (Fsp3) is 0.476. The Bertz CT molecular complexity index is 1770. The zero-order valence-electron chi connectivity index (χ0n) is 22.1. The number of hydrogen-bond acceptors (Lipinski definition) is 16. The molecule has 7 heterocycles. The van der Waals surface area contributed by atoms with Crippen LogP contribution in [0.25, 0.3) is 22.2 Å². The number of ether oxygens (including phenoxy) is 2. The van der Waals surface area contributed by atoms with Crippen molar-refractivity contribution in [1.82, 2.24) is 34.1 Å². The van der Waals surface area contributed by atoms with Crippen LogP contribution in [0, 0.1) is 0 Å². The summed E-state index contributed by atoms with van der Waals surface area (Å²) in [7, 11) is -9.03. The van der Waals surface area contributed by atoms with Crippen LogP contribution in [0.4, 0.5) is 14.6 Å². The van der Waals surface area contributed by atoms with E-state index in [4.69, 9.17) is 33.3 Å². The molecule has 0 saturated carbocycles. The fourth-order valence-corrected chi connectivity index (χ4v) is 8.72. The quantitative estimate of drug-likeness (QED) is 0.128. The van der Waals surface area contributed by atoms with Crippen LogP contribution < -0.4 is 11.3 Å². The van der Waals surface area contributed by atoms with Gasteiger partial charge in [-0.2, -0.15) is 0 Å². The van der Waals surface area contributed by atoms with Crippen molar-refractivity contribution in [3.8, 4) is 0 Å². The number of anilines is 1. The number of nitrogens with one attached hydrogen (secondary N) is 1.